The van der Waals surface area contributed by atoms with E-state index in [4.69, 9.17) is 9.15 Å². The lowest BCUT2D eigenvalue weighted by Gasteiger charge is -2.20. The number of hydrogen-bond donors (Lipinski definition) is 4. The zero-order chi connectivity index (χ0) is 25.6. The van der Waals surface area contributed by atoms with E-state index in [0.29, 0.717) is 39.7 Å². The van der Waals surface area contributed by atoms with Crippen LogP contribution in [0.3, 0.4) is 0 Å². The third-order valence-electron chi connectivity index (χ3n) is 6.64. The number of aromatic nitrogens is 1. The second-order valence-corrected chi connectivity index (χ2v) is 9.24. The number of carboxylic acids is 1. The first-order chi connectivity index (χ1) is 17.2. The van der Waals surface area contributed by atoms with Crippen molar-refractivity contribution in [2.45, 2.75) is 51.7 Å². The van der Waals surface area contributed by atoms with Gasteiger partial charge in [-0.2, -0.15) is 0 Å². The predicted molar refractivity (Wildman–Crippen MR) is 133 cm³/mol. The number of nitrogens with one attached hydrogen (secondary N) is 2. The van der Waals surface area contributed by atoms with Crippen LogP contribution >= 0.6 is 0 Å². The smallest absolute Gasteiger partial charge is 0.339 e. The number of carbonyl (C=O) groups is 2. The minimum Gasteiger partial charge on any atom is -0.508 e. The van der Waals surface area contributed by atoms with Crippen LogP contribution in [0.4, 0.5) is 0 Å². The average Bonchev–Trinajstić information content (AvgIpc) is 3.46. The molecule has 9 heteroatoms. The summed E-state index contributed by atoms with van der Waals surface area (Å²) in [6.45, 7) is 3.38. The maximum atomic E-state index is 13.0. The Morgan fingerprint density at radius 1 is 1.19 bits per heavy atom. The van der Waals surface area contributed by atoms with E-state index in [1.165, 1.54) is 6.07 Å². The Morgan fingerprint density at radius 3 is 2.75 bits per heavy atom. The van der Waals surface area contributed by atoms with Gasteiger partial charge in [0.15, 0.2) is 6.10 Å². The van der Waals surface area contributed by atoms with E-state index in [0.717, 1.165) is 29.5 Å². The van der Waals surface area contributed by atoms with Crippen LogP contribution in [-0.4, -0.2) is 39.2 Å². The van der Waals surface area contributed by atoms with Crippen LogP contribution in [-0.2, 0) is 28.9 Å². The minimum absolute atomic E-state index is 0.0172. The van der Waals surface area contributed by atoms with E-state index >= 15 is 0 Å². The summed E-state index contributed by atoms with van der Waals surface area (Å²) in [4.78, 5) is 40.4. The van der Waals surface area contributed by atoms with Crippen molar-refractivity contribution >= 4 is 33.7 Å². The monoisotopic (exact) mass is 490 g/mol. The molecule has 2 atom stereocenters. The molecule has 0 fully saturated rings. The Balaban J connectivity index is 1.38. The summed E-state index contributed by atoms with van der Waals surface area (Å²) < 4.78 is 11.6. The molecule has 36 heavy (non-hydrogen) atoms. The average molecular weight is 491 g/mol. The lowest BCUT2D eigenvalue weighted by Crippen LogP contribution is -2.47. The molecule has 0 spiro atoms. The summed E-state index contributed by atoms with van der Waals surface area (Å²) in [5, 5.41) is 23.5. The van der Waals surface area contributed by atoms with Crippen LogP contribution in [0.25, 0.3) is 21.9 Å². The van der Waals surface area contributed by atoms with Gasteiger partial charge in [0, 0.05) is 29.1 Å². The quantitative estimate of drug-likeness (QED) is 0.291. The number of ether oxygens (including phenoxy) is 1. The van der Waals surface area contributed by atoms with Crippen molar-refractivity contribution in [2.24, 2.45) is 0 Å². The Kier molecular flexibility index (Phi) is 5.91. The van der Waals surface area contributed by atoms with Crippen LogP contribution in [0.15, 0.2) is 45.7 Å². The molecule has 1 aliphatic rings. The fourth-order valence-corrected chi connectivity index (χ4v) is 4.89. The zero-order valence-corrected chi connectivity index (χ0v) is 19.9. The highest BCUT2D eigenvalue weighted by molar-refractivity contribution is 5.91. The molecular weight excluding hydrogens is 464 g/mol. The Bertz CT molecular complexity index is 1570. The topological polar surface area (TPSA) is 142 Å². The van der Waals surface area contributed by atoms with Gasteiger partial charge in [-0.1, -0.05) is 0 Å². The first-order valence-corrected chi connectivity index (χ1v) is 11.8. The number of phenols is 1. The van der Waals surface area contributed by atoms with Gasteiger partial charge in [0.25, 0.3) is 5.91 Å². The molecule has 2 aromatic heterocycles. The van der Waals surface area contributed by atoms with Gasteiger partial charge in [0.05, 0.1) is 5.39 Å². The lowest BCUT2D eigenvalue weighted by atomic mass is 10.0. The number of hydrogen-bond acceptors (Lipinski definition) is 6. The molecule has 9 nitrogen and oxygen atoms in total. The van der Waals surface area contributed by atoms with Crippen molar-refractivity contribution in [3.05, 3.63) is 69.2 Å². The normalized spacial score (nSPS) is 14.5. The number of aromatic hydroxyl groups is 1. The Labute approximate surface area is 205 Å². The SMILES string of the molecule is Cc1cc(O[C@H](C)C(=O)N[C@H](Cc2c[nH]c3ccc(O)cc23)C(=O)O)c2c3c(c(=O)oc2c1)CCC3. The molecule has 186 valence electrons. The van der Waals surface area contributed by atoms with Crippen LogP contribution in [0.1, 0.15) is 35.6 Å². The molecular formula is C27H26N2O7. The molecule has 0 aliphatic heterocycles. The van der Waals surface area contributed by atoms with E-state index in [1.807, 2.05) is 6.92 Å². The number of amides is 1. The molecule has 4 aromatic rings. The molecule has 1 aliphatic carbocycles. The van der Waals surface area contributed by atoms with E-state index in [-0.39, 0.29) is 17.8 Å². The summed E-state index contributed by atoms with van der Waals surface area (Å²) >= 11 is 0. The third kappa shape index (κ3) is 4.28. The lowest BCUT2D eigenvalue weighted by molar-refractivity contribution is -0.142. The highest BCUT2D eigenvalue weighted by Gasteiger charge is 2.27. The van der Waals surface area contributed by atoms with Gasteiger partial charge in [-0.05, 0) is 80.1 Å². The maximum Gasteiger partial charge on any atom is 0.339 e. The molecule has 1 amide bonds. The second kappa shape index (κ2) is 9.07. The molecule has 5 rings (SSSR count). The van der Waals surface area contributed by atoms with Crippen molar-refractivity contribution in [1.82, 2.24) is 10.3 Å². The first-order valence-electron chi connectivity index (χ1n) is 11.8. The Morgan fingerprint density at radius 2 is 1.97 bits per heavy atom. The van der Waals surface area contributed by atoms with Gasteiger partial charge in [0.2, 0.25) is 0 Å². The minimum atomic E-state index is -1.21. The summed E-state index contributed by atoms with van der Waals surface area (Å²) in [6.07, 6.45) is 2.88. The number of aromatic amines is 1. The molecule has 0 saturated carbocycles. The van der Waals surface area contributed by atoms with Crippen LogP contribution < -0.4 is 15.7 Å². The van der Waals surface area contributed by atoms with Gasteiger partial charge in [0.1, 0.15) is 23.1 Å². The molecule has 0 unspecified atom stereocenters. The standard InChI is InChI=1S/C27H26N2O7/c1-13-8-22(24-17-4-3-5-18(17)27(34)36-23(24)9-13)35-14(2)25(31)29-21(26(32)33)10-15-12-28-20-7-6-16(30)11-19(15)20/h6-9,11-12,14,21,28,30H,3-5,10H2,1-2H3,(H,29,31)(H,32,33)/t14-,21-/m1/s1. The van der Waals surface area contributed by atoms with Gasteiger partial charge in [-0.15, -0.1) is 0 Å². The van der Waals surface area contributed by atoms with Gasteiger partial charge >= 0.3 is 11.6 Å². The number of fused-ring (bicyclic) bond motifs is 4. The number of aliphatic carboxylic acids is 1. The molecule has 0 bridgehead atoms. The van der Waals surface area contributed by atoms with Crippen molar-refractivity contribution in [1.29, 1.82) is 0 Å². The first kappa shape index (κ1) is 23.5. The van der Waals surface area contributed by atoms with Crippen LogP contribution in [0.5, 0.6) is 11.5 Å². The number of phenolic OH excluding ortho intramolecular Hbond substituents is 1. The number of H-pyrrole nitrogens is 1. The number of rotatable bonds is 7. The number of carboxylic acid groups (broad SMARTS) is 1. The van der Waals surface area contributed by atoms with Crippen molar-refractivity contribution in [3.63, 3.8) is 0 Å². The summed E-state index contributed by atoms with van der Waals surface area (Å²) in [7, 11) is 0. The number of benzene rings is 2. The molecule has 0 radical (unpaired) electrons. The fourth-order valence-electron chi connectivity index (χ4n) is 4.89. The highest BCUT2D eigenvalue weighted by Crippen LogP contribution is 2.35. The van der Waals surface area contributed by atoms with E-state index < -0.39 is 24.0 Å². The number of aryl methyl sites for hydroxylation is 2. The fraction of sp³-hybridized carbons (Fsp3) is 0.296. The summed E-state index contributed by atoms with van der Waals surface area (Å²) in [6, 6.07) is 7.13. The second-order valence-electron chi connectivity index (χ2n) is 9.24. The van der Waals surface area contributed by atoms with Gasteiger partial charge in [-0.3, -0.25) is 4.79 Å². The van der Waals surface area contributed by atoms with Crippen molar-refractivity contribution < 1.29 is 29.0 Å². The summed E-state index contributed by atoms with van der Waals surface area (Å²) in [5.74, 6) is -1.29. The molecule has 0 saturated heterocycles. The maximum absolute atomic E-state index is 13.0. The van der Waals surface area contributed by atoms with Crippen molar-refractivity contribution in [2.75, 3.05) is 0 Å². The summed E-state index contributed by atoms with van der Waals surface area (Å²) in [5.41, 5.74) is 3.80. The molecule has 2 heterocycles. The van der Waals surface area contributed by atoms with E-state index in [1.54, 1.807) is 37.4 Å². The predicted octanol–water partition coefficient (Wildman–Crippen LogP) is 3.36. The molecule has 4 N–H and O–H groups in total. The van der Waals surface area contributed by atoms with Crippen molar-refractivity contribution in [3.8, 4) is 11.5 Å². The third-order valence-corrected chi connectivity index (χ3v) is 6.64. The van der Waals surface area contributed by atoms with Gasteiger partial charge in [-0.25, -0.2) is 9.59 Å². The van der Waals surface area contributed by atoms with E-state index in [2.05, 4.69) is 10.3 Å². The Hall–Kier alpha value is -4.27. The highest BCUT2D eigenvalue weighted by atomic mass is 16.5. The largest absolute Gasteiger partial charge is 0.508 e. The van der Waals surface area contributed by atoms with Crippen LogP contribution in [0.2, 0.25) is 0 Å². The van der Waals surface area contributed by atoms with Crippen LogP contribution in [0, 0.1) is 6.92 Å². The zero-order valence-electron chi connectivity index (χ0n) is 19.9. The van der Waals surface area contributed by atoms with E-state index in [9.17, 15) is 24.6 Å². The molecule has 2 aromatic carbocycles. The van der Waals surface area contributed by atoms with Gasteiger partial charge < -0.3 is 29.7 Å². The number of carbonyl (C=O) groups excluding carboxylic acids is 1.